The van der Waals surface area contributed by atoms with Crippen LogP contribution in [0.2, 0.25) is 0 Å². The van der Waals surface area contributed by atoms with Gasteiger partial charge in [0.2, 0.25) is 0 Å². The maximum absolute atomic E-state index is 6.34. The predicted octanol–water partition coefficient (Wildman–Crippen LogP) is 1.72. The van der Waals surface area contributed by atoms with E-state index in [1.54, 1.807) is 0 Å². The molecule has 0 aliphatic carbocycles. The van der Waals surface area contributed by atoms with Crippen molar-refractivity contribution in [2.24, 2.45) is 23.5 Å². The summed E-state index contributed by atoms with van der Waals surface area (Å²) in [6.45, 7) is 11.1. The number of nitrogens with two attached hydrogens (primary N) is 1. The standard InChI is InChI=1S/C14H28N2O/c1-10-6-11(2)12(3)16(7-10)8-14(15)13-4-5-17-9-13/h10-14H,4-9,15H2,1-3H3. The Morgan fingerprint density at radius 3 is 2.76 bits per heavy atom. The van der Waals surface area contributed by atoms with Crippen LogP contribution >= 0.6 is 0 Å². The van der Waals surface area contributed by atoms with Gasteiger partial charge in [-0.15, -0.1) is 0 Å². The van der Waals surface area contributed by atoms with Gasteiger partial charge in [-0.05, 0) is 31.6 Å². The maximum Gasteiger partial charge on any atom is 0.0510 e. The van der Waals surface area contributed by atoms with Crippen LogP contribution in [0.4, 0.5) is 0 Å². The second-order valence-electron chi connectivity index (χ2n) is 6.30. The summed E-state index contributed by atoms with van der Waals surface area (Å²) in [4.78, 5) is 2.60. The molecule has 3 heteroatoms. The molecule has 0 spiro atoms. The van der Waals surface area contributed by atoms with E-state index in [-0.39, 0.29) is 6.04 Å². The molecule has 0 radical (unpaired) electrons. The lowest BCUT2D eigenvalue weighted by Gasteiger charge is -2.42. The summed E-state index contributed by atoms with van der Waals surface area (Å²) in [5.74, 6) is 2.19. The molecule has 0 aromatic rings. The van der Waals surface area contributed by atoms with Crippen LogP contribution in [0.3, 0.4) is 0 Å². The summed E-state index contributed by atoms with van der Waals surface area (Å²) in [5.41, 5.74) is 6.34. The quantitative estimate of drug-likeness (QED) is 0.816. The molecule has 2 rings (SSSR count). The van der Waals surface area contributed by atoms with E-state index in [9.17, 15) is 0 Å². The maximum atomic E-state index is 6.34. The Morgan fingerprint density at radius 2 is 2.12 bits per heavy atom. The summed E-state index contributed by atoms with van der Waals surface area (Å²) in [5, 5.41) is 0. The van der Waals surface area contributed by atoms with E-state index in [1.807, 2.05) is 0 Å². The highest BCUT2D eigenvalue weighted by atomic mass is 16.5. The van der Waals surface area contributed by atoms with E-state index in [0.717, 1.165) is 38.0 Å². The molecule has 2 aliphatic rings. The summed E-state index contributed by atoms with van der Waals surface area (Å²) >= 11 is 0. The Kier molecular flexibility index (Phi) is 4.45. The molecular formula is C14H28N2O. The van der Waals surface area contributed by atoms with E-state index in [2.05, 4.69) is 25.7 Å². The fraction of sp³-hybridized carbons (Fsp3) is 1.00. The first-order chi connectivity index (χ1) is 8.08. The average molecular weight is 240 g/mol. The van der Waals surface area contributed by atoms with Gasteiger partial charge in [0, 0.05) is 37.7 Å². The van der Waals surface area contributed by atoms with Gasteiger partial charge < -0.3 is 10.5 Å². The van der Waals surface area contributed by atoms with Crippen LogP contribution in [0, 0.1) is 17.8 Å². The third-order valence-electron chi connectivity index (χ3n) is 4.74. The molecular weight excluding hydrogens is 212 g/mol. The molecule has 0 bridgehead atoms. The van der Waals surface area contributed by atoms with Crippen molar-refractivity contribution in [2.75, 3.05) is 26.3 Å². The summed E-state index contributed by atoms with van der Waals surface area (Å²) in [6.07, 6.45) is 2.51. The number of likely N-dealkylation sites (tertiary alicyclic amines) is 1. The summed E-state index contributed by atoms with van der Waals surface area (Å²) < 4.78 is 5.44. The van der Waals surface area contributed by atoms with Gasteiger partial charge in [-0.2, -0.15) is 0 Å². The number of nitrogens with zero attached hydrogens (tertiary/aromatic N) is 1. The minimum Gasteiger partial charge on any atom is -0.381 e. The first kappa shape index (κ1) is 13.3. The Balaban J connectivity index is 1.87. The third-order valence-corrected chi connectivity index (χ3v) is 4.74. The van der Waals surface area contributed by atoms with Gasteiger partial charge in [-0.25, -0.2) is 0 Å². The minimum atomic E-state index is 0.289. The molecule has 0 aromatic heterocycles. The van der Waals surface area contributed by atoms with Gasteiger partial charge in [0.15, 0.2) is 0 Å². The van der Waals surface area contributed by atoms with Crippen LogP contribution in [0.5, 0.6) is 0 Å². The first-order valence-corrected chi connectivity index (χ1v) is 7.15. The number of piperidine rings is 1. The molecule has 2 saturated heterocycles. The molecule has 0 amide bonds. The van der Waals surface area contributed by atoms with Gasteiger partial charge in [0.1, 0.15) is 0 Å². The molecule has 2 fully saturated rings. The predicted molar refractivity (Wildman–Crippen MR) is 70.9 cm³/mol. The Bertz CT molecular complexity index is 240. The first-order valence-electron chi connectivity index (χ1n) is 7.15. The number of hydrogen-bond donors (Lipinski definition) is 1. The smallest absolute Gasteiger partial charge is 0.0510 e. The Labute approximate surface area is 106 Å². The molecule has 3 nitrogen and oxygen atoms in total. The minimum absolute atomic E-state index is 0.289. The van der Waals surface area contributed by atoms with Crippen molar-refractivity contribution in [3.63, 3.8) is 0 Å². The molecule has 0 aromatic carbocycles. The van der Waals surface area contributed by atoms with E-state index in [4.69, 9.17) is 10.5 Å². The van der Waals surface area contributed by atoms with Crippen LogP contribution < -0.4 is 5.73 Å². The number of ether oxygens (including phenoxy) is 1. The van der Waals surface area contributed by atoms with Crippen molar-refractivity contribution in [3.05, 3.63) is 0 Å². The lowest BCUT2D eigenvalue weighted by molar-refractivity contribution is 0.0664. The number of rotatable bonds is 3. The van der Waals surface area contributed by atoms with Gasteiger partial charge in [-0.1, -0.05) is 13.8 Å². The lowest BCUT2D eigenvalue weighted by atomic mass is 9.85. The highest BCUT2D eigenvalue weighted by Gasteiger charge is 2.32. The fourth-order valence-corrected chi connectivity index (χ4v) is 3.38. The van der Waals surface area contributed by atoms with Crippen molar-refractivity contribution in [2.45, 2.75) is 45.7 Å². The molecule has 17 heavy (non-hydrogen) atoms. The van der Waals surface area contributed by atoms with E-state index < -0.39 is 0 Å². The van der Waals surface area contributed by atoms with Crippen LogP contribution in [0.1, 0.15) is 33.6 Å². The lowest BCUT2D eigenvalue weighted by Crippen LogP contribution is -2.52. The van der Waals surface area contributed by atoms with Crippen molar-refractivity contribution < 1.29 is 4.74 Å². The van der Waals surface area contributed by atoms with Crippen LogP contribution in [0.25, 0.3) is 0 Å². The van der Waals surface area contributed by atoms with Crippen molar-refractivity contribution in [3.8, 4) is 0 Å². The summed E-state index contributed by atoms with van der Waals surface area (Å²) in [7, 11) is 0. The monoisotopic (exact) mass is 240 g/mol. The number of hydrogen-bond acceptors (Lipinski definition) is 3. The van der Waals surface area contributed by atoms with E-state index >= 15 is 0 Å². The van der Waals surface area contributed by atoms with Crippen molar-refractivity contribution in [1.82, 2.24) is 4.90 Å². The second-order valence-corrected chi connectivity index (χ2v) is 6.30. The molecule has 0 saturated carbocycles. The molecule has 2 aliphatic heterocycles. The fourth-order valence-electron chi connectivity index (χ4n) is 3.38. The Morgan fingerprint density at radius 1 is 1.35 bits per heavy atom. The zero-order valence-electron chi connectivity index (χ0n) is 11.6. The van der Waals surface area contributed by atoms with Gasteiger partial charge in [0.25, 0.3) is 0 Å². The van der Waals surface area contributed by atoms with Gasteiger partial charge >= 0.3 is 0 Å². The van der Waals surface area contributed by atoms with Crippen molar-refractivity contribution in [1.29, 1.82) is 0 Å². The average Bonchev–Trinajstić information content (AvgIpc) is 2.78. The summed E-state index contributed by atoms with van der Waals surface area (Å²) in [6, 6.07) is 0.969. The normalized spacial score (nSPS) is 41.6. The van der Waals surface area contributed by atoms with Crippen LogP contribution in [0.15, 0.2) is 0 Å². The highest BCUT2D eigenvalue weighted by molar-refractivity contribution is 4.86. The third kappa shape index (κ3) is 3.21. The molecule has 100 valence electrons. The topological polar surface area (TPSA) is 38.5 Å². The van der Waals surface area contributed by atoms with Gasteiger partial charge in [-0.3, -0.25) is 4.90 Å². The SMILES string of the molecule is CC1CC(C)C(C)N(CC(N)C2CCOC2)C1. The molecule has 5 atom stereocenters. The van der Waals surface area contributed by atoms with E-state index in [0.29, 0.717) is 12.0 Å². The van der Waals surface area contributed by atoms with Gasteiger partial charge in [0.05, 0.1) is 6.61 Å². The highest BCUT2D eigenvalue weighted by Crippen LogP contribution is 2.27. The Hall–Kier alpha value is -0.120. The molecule has 5 unspecified atom stereocenters. The zero-order valence-corrected chi connectivity index (χ0v) is 11.6. The van der Waals surface area contributed by atoms with Crippen LogP contribution in [-0.4, -0.2) is 43.3 Å². The zero-order chi connectivity index (χ0) is 12.4. The molecule has 2 N–H and O–H groups in total. The van der Waals surface area contributed by atoms with Crippen molar-refractivity contribution >= 4 is 0 Å². The van der Waals surface area contributed by atoms with E-state index in [1.165, 1.54) is 13.0 Å². The van der Waals surface area contributed by atoms with Crippen LogP contribution in [-0.2, 0) is 4.74 Å². The second kappa shape index (κ2) is 5.68. The molecule has 2 heterocycles. The largest absolute Gasteiger partial charge is 0.381 e.